The zero-order valence-corrected chi connectivity index (χ0v) is 7.73. The van der Waals surface area contributed by atoms with E-state index in [2.05, 4.69) is 16.2 Å². The average Bonchev–Trinajstić information content (AvgIpc) is 2.18. The molecule has 5 nitrogen and oxygen atoms in total. The van der Waals surface area contributed by atoms with Crippen LogP contribution in [0.3, 0.4) is 0 Å². The van der Waals surface area contributed by atoms with Crippen LogP contribution in [0.5, 0.6) is 0 Å². The van der Waals surface area contributed by atoms with E-state index in [9.17, 15) is 9.59 Å². The van der Waals surface area contributed by atoms with Crippen molar-refractivity contribution in [3.8, 4) is 12.3 Å². The summed E-state index contributed by atoms with van der Waals surface area (Å²) in [5.41, 5.74) is 0.0601. The minimum absolute atomic E-state index is 0.0393. The van der Waals surface area contributed by atoms with Gasteiger partial charge in [-0.05, 0) is 12.1 Å². The number of aromatic carboxylic acids is 1. The number of pyridine rings is 1. The predicted octanol–water partition coefficient (Wildman–Crippen LogP) is 0.742. The highest BCUT2D eigenvalue weighted by atomic mass is 16.4. The highest BCUT2D eigenvalue weighted by molar-refractivity contribution is 5.92. The Morgan fingerprint density at radius 3 is 2.73 bits per heavy atom. The molecule has 5 heteroatoms. The molecule has 0 atom stereocenters. The van der Waals surface area contributed by atoms with Crippen LogP contribution in [0.25, 0.3) is 0 Å². The number of nitrogens with zero attached hydrogens (tertiary/aromatic N) is 1. The third kappa shape index (κ3) is 3.12. The molecule has 0 saturated heterocycles. The maximum Gasteiger partial charge on any atom is 0.337 e. The Hall–Kier alpha value is -2.35. The van der Waals surface area contributed by atoms with Gasteiger partial charge in [0.05, 0.1) is 12.0 Å². The topological polar surface area (TPSA) is 79.3 Å². The SMILES string of the molecule is C#CCC(=O)Nc1ccc(C(=O)O)cn1. The highest BCUT2D eigenvalue weighted by Gasteiger charge is 2.04. The van der Waals surface area contributed by atoms with Crippen molar-refractivity contribution < 1.29 is 14.7 Å². The standard InChI is InChI=1S/C10H8N2O3/c1-2-3-9(13)12-8-5-4-7(6-11-8)10(14)15/h1,4-6H,3H2,(H,14,15)(H,11,12,13). The van der Waals surface area contributed by atoms with Gasteiger partial charge in [0.2, 0.25) is 5.91 Å². The number of hydrogen-bond donors (Lipinski definition) is 2. The smallest absolute Gasteiger partial charge is 0.337 e. The molecule has 1 amide bonds. The first-order chi connectivity index (χ1) is 7.13. The second-order valence-corrected chi connectivity index (χ2v) is 2.67. The van der Waals surface area contributed by atoms with Crippen LogP contribution in [0.15, 0.2) is 18.3 Å². The number of terminal acetylenes is 1. The van der Waals surface area contributed by atoms with Gasteiger partial charge >= 0.3 is 5.97 Å². The first kappa shape index (κ1) is 10.7. The second kappa shape index (κ2) is 4.77. The number of anilines is 1. The molecule has 76 valence electrons. The molecule has 1 aromatic rings. The number of carboxylic acid groups (broad SMARTS) is 1. The van der Waals surface area contributed by atoms with Crippen molar-refractivity contribution in [1.82, 2.24) is 4.98 Å². The van der Waals surface area contributed by atoms with Crippen molar-refractivity contribution in [3.63, 3.8) is 0 Å². The maximum atomic E-state index is 11.0. The Labute approximate surface area is 86.1 Å². The summed E-state index contributed by atoms with van der Waals surface area (Å²) in [4.78, 5) is 25.2. The number of aromatic nitrogens is 1. The molecule has 0 radical (unpaired) electrons. The Morgan fingerprint density at radius 1 is 1.53 bits per heavy atom. The molecule has 0 aliphatic heterocycles. The van der Waals surface area contributed by atoms with E-state index in [0.717, 1.165) is 6.20 Å². The molecule has 0 spiro atoms. The van der Waals surface area contributed by atoms with Crippen LogP contribution in [-0.4, -0.2) is 22.0 Å². The zero-order valence-electron chi connectivity index (χ0n) is 7.73. The number of carbonyl (C=O) groups excluding carboxylic acids is 1. The second-order valence-electron chi connectivity index (χ2n) is 2.67. The third-order valence-electron chi connectivity index (χ3n) is 1.54. The Bertz CT molecular complexity index is 417. The summed E-state index contributed by atoms with van der Waals surface area (Å²) < 4.78 is 0. The lowest BCUT2D eigenvalue weighted by Crippen LogP contribution is -2.11. The number of carboxylic acids is 1. The van der Waals surface area contributed by atoms with Crippen molar-refractivity contribution in [1.29, 1.82) is 0 Å². The molecule has 0 bridgehead atoms. The van der Waals surface area contributed by atoms with Gasteiger partial charge in [-0.3, -0.25) is 4.79 Å². The maximum absolute atomic E-state index is 11.0. The summed E-state index contributed by atoms with van der Waals surface area (Å²) in [7, 11) is 0. The number of nitrogens with one attached hydrogen (secondary N) is 1. The number of amides is 1. The predicted molar refractivity (Wildman–Crippen MR) is 53.3 cm³/mol. The lowest BCUT2D eigenvalue weighted by atomic mass is 10.3. The minimum Gasteiger partial charge on any atom is -0.478 e. The quantitative estimate of drug-likeness (QED) is 0.712. The summed E-state index contributed by atoms with van der Waals surface area (Å²) in [5, 5.41) is 11.0. The van der Waals surface area contributed by atoms with Gasteiger partial charge in [-0.1, -0.05) is 5.92 Å². The fraction of sp³-hybridized carbons (Fsp3) is 0.100. The molecule has 15 heavy (non-hydrogen) atoms. The lowest BCUT2D eigenvalue weighted by molar-refractivity contribution is -0.115. The molecule has 2 N–H and O–H groups in total. The largest absolute Gasteiger partial charge is 0.478 e. The van der Waals surface area contributed by atoms with Crippen LogP contribution in [0.2, 0.25) is 0 Å². The molecule has 1 aromatic heterocycles. The highest BCUT2D eigenvalue weighted by Crippen LogP contribution is 2.05. The first-order valence-corrected chi connectivity index (χ1v) is 4.06. The normalized spacial score (nSPS) is 9.00. The van der Waals surface area contributed by atoms with Gasteiger partial charge in [-0.2, -0.15) is 0 Å². The van der Waals surface area contributed by atoms with Gasteiger partial charge in [-0.15, -0.1) is 6.42 Å². The number of hydrogen-bond acceptors (Lipinski definition) is 3. The van der Waals surface area contributed by atoms with Crippen molar-refractivity contribution >= 4 is 17.7 Å². The monoisotopic (exact) mass is 204 g/mol. The van der Waals surface area contributed by atoms with Gasteiger partial charge in [0.15, 0.2) is 0 Å². The summed E-state index contributed by atoms with van der Waals surface area (Å²) in [6, 6.07) is 2.75. The molecule has 0 saturated carbocycles. The van der Waals surface area contributed by atoms with Gasteiger partial charge in [0, 0.05) is 6.20 Å². The summed E-state index contributed by atoms with van der Waals surface area (Å²) >= 11 is 0. The van der Waals surface area contributed by atoms with E-state index in [4.69, 9.17) is 11.5 Å². The summed E-state index contributed by atoms with van der Waals surface area (Å²) in [5.74, 6) is 1.04. The van der Waals surface area contributed by atoms with E-state index >= 15 is 0 Å². The molecule has 0 unspecified atom stereocenters. The number of carbonyl (C=O) groups is 2. The fourth-order valence-corrected chi connectivity index (χ4v) is 0.874. The zero-order chi connectivity index (χ0) is 11.3. The van der Waals surface area contributed by atoms with Crippen LogP contribution < -0.4 is 5.32 Å². The van der Waals surface area contributed by atoms with Crippen LogP contribution in [0.4, 0.5) is 5.82 Å². The minimum atomic E-state index is -1.07. The van der Waals surface area contributed by atoms with Gasteiger partial charge < -0.3 is 10.4 Å². The molecular formula is C10H8N2O3. The van der Waals surface area contributed by atoms with E-state index in [0.29, 0.717) is 0 Å². The van der Waals surface area contributed by atoms with E-state index in [1.165, 1.54) is 12.1 Å². The Kier molecular flexibility index (Phi) is 3.41. The Balaban J connectivity index is 2.69. The van der Waals surface area contributed by atoms with Crippen LogP contribution >= 0.6 is 0 Å². The van der Waals surface area contributed by atoms with Crippen molar-refractivity contribution in [2.24, 2.45) is 0 Å². The van der Waals surface area contributed by atoms with Crippen LogP contribution in [0, 0.1) is 12.3 Å². The van der Waals surface area contributed by atoms with Gasteiger partial charge in [-0.25, -0.2) is 9.78 Å². The third-order valence-corrected chi connectivity index (χ3v) is 1.54. The van der Waals surface area contributed by atoms with Crippen LogP contribution in [-0.2, 0) is 4.79 Å². The van der Waals surface area contributed by atoms with E-state index in [-0.39, 0.29) is 23.7 Å². The Morgan fingerprint density at radius 2 is 2.27 bits per heavy atom. The molecular weight excluding hydrogens is 196 g/mol. The molecule has 1 heterocycles. The van der Waals surface area contributed by atoms with Crippen LogP contribution in [0.1, 0.15) is 16.8 Å². The fourth-order valence-electron chi connectivity index (χ4n) is 0.874. The molecule has 0 fully saturated rings. The summed E-state index contributed by atoms with van der Waals surface area (Å²) in [6.07, 6.45) is 6.06. The number of rotatable bonds is 3. The molecule has 1 rings (SSSR count). The van der Waals surface area contributed by atoms with Crippen molar-refractivity contribution in [3.05, 3.63) is 23.9 Å². The molecule has 0 aliphatic carbocycles. The average molecular weight is 204 g/mol. The van der Waals surface area contributed by atoms with E-state index in [1.807, 2.05) is 0 Å². The van der Waals surface area contributed by atoms with Gasteiger partial charge in [0.25, 0.3) is 0 Å². The molecule has 0 aromatic carbocycles. The lowest BCUT2D eigenvalue weighted by Gasteiger charge is -2.01. The van der Waals surface area contributed by atoms with E-state index < -0.39 is 5.97 Å². The van der Waals surface area contributed by atoms with E-state index in [1.54, 1.807) is 0 Å². The summed E-state index contributed by atoms with van der Waals surface area (Å²) in [6.45, 7) is 0. The first-order valence-electron chi connectivity index (χ1n) is 4.06. The van der Waals surface area contributed by atoms with Gasteiger partial charge in [0.1, 0.15) is 5.82 Å². The van der Waals surface area contributed by atoms with Crippen molar-refractivity contribution in [2.75, 3.05) is 5.32 Å². The molecule has 0 aliphatic rings. The van der Waals surface area contributed by atoms with Crippen molar-refractivity contribution in [2.45, 2.75) is 6.42 Å².